The fourth-order valence-corrected chi connectivity index (χ4v) is 1.47. The van der Waals surface area contributed by atoms with Crippen molar-refractivity contribution in [2.45, 2.75) is 31.5 Å². The molecule has 0 aromatic carbocycles. The Morgan fingerprint density at radius 3 is 2.69 bits per heavy atom. The summed E-state index contributed by atoms with van der Waals surface area (Å²) >= 11 is 0. The Morgan fingerprint density at radius 2 is 2.15 bits per heavy atom. The van der Waals surface area contributed by atoms with Crippen molar-refractivity contribution >= 4 is 0 Å². The van der Waals surface area contributed by atoms with E-state index in [-0.39, 0.29) is 6.10 Å². The van der Waals surface area contributed by atoms with Gasteiger partial charge in [0.05, 0.1) is 6.10 Å². The summed E-state index contributed by atoms with van der Waals surface area (Å²) in [6.45, 7) is 0.824. The molecule has 0 spiro atoms. The molecule has 2 rings (SSSR count). The predicted molar refractivity (Wildman–Crippen MR) is 50.1 cm³/mol. The summed E-state index contributed by atoms with van der Waals surface area (Å²) in [5.74, 6) is 0. The van der Waals surface area contributed by atoms with Crippen LogP contribution in [0.5, 0.6) is 0 Å². The molecule has 13 heavy (non-hydrogen) atoms. The van der Waals surface area contributed by atoms with E-state index in [1.807, 2.05) is 12.1 Å². The van der Waals surface area contributed by atoms with Crippen LogP contribution in [0.15, 0.2) is 24.5 Å². The van der Waals surface area contributed by atoms with Crippen molar-refractivity contribution in [3.8, 4) is 0 Å². The molecule has 70 valence electrons. The van der Waals surface area contributed by atoms with E-state index < -0.39 is 0 Å². The van der Waals surface area contributed by atoms with Crippen LogP contribution >= 0.6 is 0 Å². The minimum Gasteiger partial charge on any atom is -0.392 e. The molecule has 1 aliphatic rings. The molecular formula is C10H14N2O. The Labute approximate surface area is 77.8 Å². The number of aliphatic hydroxyl groups excluding tert-OH is 1. The molecule has 0 unspecified atom stereocenters. The second-order valence-electron chi connectivity index (χ2n) is 3.49. The second kappa shape index (κ2) is 3.85. The monoisotopic (exact) mass is 178 g/mol. The third-order valence-corrected chi connectivity index (χ3v) is 2.56. The summed E-state index contributed by atoms with van der Waals surface area (Å²) in [6, 6.07) is 4.27. The highest BCUT2D eigenvalue weighted by atomic mass is 16.3. The highest BCUT2D eigenvalue weighted by molar-refractivity contribution is 5.09. The normalized spacial score (nSPS) is 26.8. The Bertz CT molecular complexity index is 263. The zero-order valence-electron chi connectivity index (χ0n) is 7.48. The van der Waals surface area contributed by atoms with E-state index in [1.54, 1.807) is 12.4 Å². The van der Waals surface area contributed by atoms with Crippen molar-refractivity contribution in [2.75, 3.05) is 0 Å². The highest BCUT2D eigenvalue weighted by Crippen LogP contribution is 2.19. The van der Waals surface area contributed by atoms with Crippen molar-refractivity contribution in [2.24, 2.45) is 0 Å². The molecule has 0 radical (unpaired) electrons. The summed E-state index contributed by atoms with van der Waals surface area (Å²) in [6.07, 6.45) is 5.46. The zero-order valence-corrected chi connectivity index (χ0v) is 7.48. The summed E-state index contributed by atoms with van der Waals surface area (Å²) in [7, 11) is 0. The third-order valence-electron chi connectivity index (χ3n) is 2.56. The summed E-state index contributed by atoms with van der Waals surface area (Å²) in [4.78, 5) is 3.94. The van der Waals surface area contributed by atoms with Gasteiger partial charge in [-0.05, 0) is 30.5 Å². The number of aromatic nitrogens is 1. The SMILES string of the molecule is O[C@@H]1CC[C@H]1NCc1ccncc1. The van der Waals surface area contributed by atoms with Gasteiger partial charge in [-0.15, -0.1) is 0 Å². The van der Waals surface area contributed by atoms with Crippen LogP contribution in [0, 0.1) is 0 Å². The van der Waals surface area contributed by atoms with Crippen molar-refractivity contribution in [3.05, 3.63) is 30.1 Å². The maximum Gasteiger partial charge on any atom is 0.0693 e. The van der Waals surface area contributed by atoms with E-state index in [0.717, 1.165) is 19.4 Å². The Balaban J connectivity index is 1.80. The fraction of sp³-hybridized carbons (Fsp3) is 0.500. The van der Waals surface area contributed by atoms with Gasteiger partial charge in [0.15, 0.2) is 0 Å². The molecule has 0 saturated heterocycles. The average Bonchev–Trinajstić information content (AvgIpc) is 2.17. The van der Waals surface area contributed by atoms with Gasteiger partial charge in [0.1, 0.15) is 0 Å². The van der Waals surface area contributed by atoms with Gasteiger partial charge in [-0.3, -0.25) is 4.98 Å². The van der Waals surface area contributed by atoms with E-state index in [4.69, 9.17) is 0 Å². The van der Waals surface area contributed by atoms with Gasteiger partial charge in [0.25, 0.3) is 0 Å². The van der Waals surface area contributed by atoms with Crippen LogP contribution in [0.1, 0.15) is 18.4 Å². The average molecular weight is 178 g/mol. The lowest BCUT2D eigenvalue weighted by molar-refractivity contribution is 0.0493. The number of hydrogen-bond donors (Lipinski definition) is 2. The standard InChI is InChI=1S/C10H14N2O/c13-10-2-1-9(10)12-7-8-3-5-11-6-4-8/h3-6,9-10,12-13H,1-2,7H2/t9-,10-/m1/s1. The molecule has 3 heteroatoms. The molecule has 1 aromatic heterocycles. The highest BCUT2D eigenvalue weighted by Gasteiger charge is 2.27. The van der Waals surface area contributed by atoms with E-state index >= 15 is 0 Å². The summed E-state index contributed by atoms with van der Waals surface area (Å²) in [5, 5.41) is 12.6. The number of aliphatic hydroxyl groups is 1. The van der Waals surface area contributed by atoms with E-state index in [2.05, 4.69) is 10.3 Å². The second-order valence-corrected chi connectivity index (χ2v) is 3.49. The molecule has 1 fully saturated rings. The van der Waals surface area contributed by atoms with Gasteiger partial charge in [-0.2, -0.15) is 0 Å². The van der Waals surface area contributed by atoms with Gasteiger partial charge < -0.3 is 10.4 Å². The first-order chi connectivity index (χ1) is 6.36. The summed E-state index contributed by atoms with van der Waals surface area (Å²) in [5.41, 5.74) is 1.22. The first-order valence-electron chi connectivity index (χ1n) is 4.66. The molecule has 1 heterocycles. The third kappa shape index (κ3) is 2.05. The number of rotatable bonds is 3. The van der Waals surface area contributed by atoms with E-state index in [0.29, 0.717) is 6.04 Å². The van der Waals surface area contributed by atoms with Crippen molar-refractivity contribution in [1.82, 2.24) is 10.3 Å². The lowest BCUT2D eigenvalue weighted by atomic mass is 9.89. The molecule has 2 atom stereocenters. The lowest BCUT2D eigenvalue weighted by Gasteiger charge is -2.33. The van der Waals surface area contributed by atoms with Gasteiger partial charge >= 0.3 is 0 Å². The van der Waals surface area contributed by atoms with Crippen LogP contribution in [0.25, 0.3) is 0 Å². The van der Waals surface area contributed by atoms with Crippen LogP contribution in [0.3, 0.4) is 0 Å². The maximum atomic E-state index is 9.31. The number of pyridine rings is 1. The van der Waals surface area contributed by atoms with Crippen molar-refractivity contribution in [3.63, 3.8) is 0 Å². The Morgan fingerprint density at radius 1 is 1.38 bits per heavy atom. The van der Waals surface area contributed by atoms with Crippen LogP contribution in [-0.2, 0) is 6.54 Å². The van der Waals surface area contributed by atoms with Gasteiger partial charge in [-0.25, -0.2) is 0 Å². The Hall–Kier alpha value is -0.930. The van der Waals surface area contributed by atoms with Gasteiger partial charge in [0.2, 0.25) is 0 Å². The molecule has 1 aliphatic carbocycles. The van der Waals surface area contributed by atoms with Gasteiger partial charge in [-0.1, -0.05) is 0 Å². The number of nitrogens with zero attached hydrogens (tertiary/aromatic N) is 1. The van der Waals surface area contributed by atoms with Crippen LogP contribution in [-0.4, -0.2) is 22.2 Å². The molecule has 0 bridgehead atoms. The first-order valence-corrected chi connectivity index (χ1v) is 4.66. The molecular weight excluding hydrogens is 164 g/mol. The molecule has 0 aliphatic heterocycles. The minimum atomic E-state index is -0.137. The largest absolute Gasteiger partial charge is 0.392 e. The van der Waals surface area contributed by atoms with Crippen molar-refractivity contribution in [1.29, 1.82) is 0 Å². The maximum absolute atomic E-state index is 9.31. The minimum absolute atomic E-state index is 0.137. The van der Waals surface area contributed by atoms with E-state index in [9.17, 15) is 5.11 Å². The Kier molecular flexibility index (Phi) is 2.57. The topological polar surface area (TPSA) is 45.1 Å². The van der Waals surface area contributed by atoms with Crippen LogP contribution in [0.4, 0.5) is 0 Å². The fourth-order valence-electron chi connectivity index (χ4n) is 1.47. The van der Waals surface area contributed by atoms with E-state index in [1.165, 1.54) is 5.56 Å². The lowest BCUT2D eigenvalue weighted by Crippen LogP contribution is -2.47. The number of nitrogens with one attached hydrogen (secondary N) is 1. The van der Waals surface area contributed by atoms with Gasteiger partial charge in [0, 0.05) is 25.0 Å². The zero-order chi connectivity index (χ0) is 9.10. The molecule has 3 nitrogen and oxygen atoms in total. The quantitative estimate of drug-likeness (QED) is 0.716. The van der Waals surface area contributed by atoms with Crippen LogP contribution < -0.4 is 5.32 Å². The smallest absolute Gasteiger partial charge is 0.0693 e. The predicted octanol–water partition coefficient (Wildman–Crippen LogP) is 0.694. The van der Waals surface area contributed by atoms with Crippen LogP contribution in [0.2, 0.25) is 0 Å². The molecule has 0 amide bonds. The van der Waals surface area contributed by atoms with Crippen molar-refractivity contribution < 1.29 is 5.11 Å². The molecule has 2 N–H and O–H groups in total. The molecule has 1 saturated carbocycles. The first kappa shape index (κ1) is 8.66. The molecule has 1 aromatic rings. The summed E-state index contributed by atoms with van der Waals surface area (Å²) < 4.78 is 0. The number of hydrogen-bond acceptors (Lipinski definition) is 3.